The predicted molar refractivity (Wildman–Crippen MR) is 113 cm³/mol. The van der Waals surface area contributed by atoms with Crippen LogP contribution in [0.5, 0.6) is 0 Å². The summed E-state index contributed by atoms with van der Waals surface area (Å²) in [5.41, 5.74) is 6.07. The molecule has 0 heterocycles. The fraction of sp³-hybridized carbons (Fsp3) is 0.250. The molecule has 0 fully saturated rings. The summed E-state index contributed by atoms with van der Waals surface area (Å²) in [4.78, 5) is 11.5. The summed E-state index contributed by atoms with van der Waals surface area (Å²) in [7, 11) is 1.93. The Balaban J connectivity index is 1.97. The molecule has 6 N–H and O–H groups in total. The number of hydrogen-bond donors (Lipinski definition) is 5. The number of aryl methyl sites for hydroxylation is 1. The zero-order valence-corrected chi connectivity index (χ0v) is 16.3. The van der Waals surface area contributed by atoms with Gasteiger partial charge in [0.05, 0.1) is 0 Å². The van der Waals surface area contributed by atoms with E-state index in [0.717, 1.165) is 35.3 Å². The number of carbonyl (C=O) groups is 1. The summed E-state index contributed by atoms with van der Waals surface area (Å²) in [5, 5.41) is 10.0. The van der Waals surface area contributed by atoms with Crippen molar-refractivity contribution in [3.8, 4) is 0 Å². The van der Waals surface area contributed by atoms with Gasteiger partial charge < -0.3 is 16.0 Å². The van der Waals surface area contributed by atoms with Crippen LogP contribution in [0.15, 0.2) is 54.7 Å². The third kappa shape index (κ3) is 6.60. The molecule has 0 aliphatic heterocycles. The SMILES string of the molecule is CNC(/C=C\Nc1ccc(Cl)cc1)CCc1c(C)cccc1NC(=O)NN. The standard InChI is InChI=1S/C20H26ClN5O/c1-14-4-3-5-19(25-20(27)26-22)18(14)11-10-16(23-2)12-13-24-17-8-6-15(21)7-9-17/h3-9,12-13,16,23-24H,10-11,22H2,1-2H3,(H2,25,26,27)/b13-12-. The van der Waals surface area contributed by atoms with Crippen molar-refractivity contribution in [1.29, 1.82) is 0 Å². The zero-order valence-electron chi connectivity index (χ0n) is 15.6. The Hall–Kier alpha value is -2.54. The van der Waals surface area contributed by atoms with Crippen molar-refractivity contribution < 1.29 is 4.79 Å². The molecule has 0 saturated heterocycles. The number of likely N-dealkylation sites (N-methyl/N-ethyl adjacent to an activating group) is 1. The molecule has 0 spiro atoms. The minimum Gasteiger partial charge on any atom is -0.362 e. The number of urea groups is 1. The Kier molecular flexibility index (Phi) is 8.13. The molecule has 0 aliphatic carbocycles. The van der Waals surface area contributed by atoms with Gasteiger partial charge in [-0.15, -0.1) is 0 Å². The molecule has 1 atom stereocenters. The number of anilines is 2. The molecule has 2 aromatic carbocycles. The highest BCUT2D eigenvalue weighted by atomic mass is 35.5. The molecular weight excluding hydrogens is 362 g/mol. The van der Waals surface area contributed by atoms with E-state index in [1.807, 2.05) is 62.6 Å². The van der Waals surface area contributed by atoms with Crippen LogP contribution >= 0.6 is 11.6 Å². The van der Waals surface area contributed by atoms with Gasteiger partial charge in [-0.3, -0.25) is 5.43 Å². The Bertz CT molecular complexity index is 776. The second-order valence-corrected chi connectivity index (χ2v) is 6.58. The van der Waals surface area contributed by atoms with Crippen LogP contribution in [0.3, 0.4) is 0 Å². The van der Waals surface area contributed by atoms with Gasteiger partial charge in [0.1, 0.15) is 0 Å². The van der Waals surface area contributed by atoms with Crippen molar-refractivity contribution in [3.05, 3.63) is 70.9 Å². The van der Waals surface area contributed by atoms with Gasteiger partial charge in [0.15, 0.2) is 0 Å². The number of amides is 2. The lowest BCUT2D eigenvalue weighted by Gasteiger charge is -2.16. The van der Waals surface area contributed by atoms with Crippen molar-refractivity contribution in [3.63, 3.8) is 0 Å². The minimum absolute atomic E-state index is 0.181. The predicted octanol–water partition coefficient (Wildman–Crippen LogP) is 3.79. The number of nitrogens with one attached hydrogen (secondary N) is 4. The van der Waals surface area contributed by atoms with Gasteiger partial charge in [-0.1, -0.05) is 29.8 Å². The second kappa shape index (κ2) is 10.6. The number of halogens is 1. The van der Waals surface area contributed by atoms with Crippen LogP contribution in [-0.4, -0.2) is 19.1 Å². The van der Waals surface area contributed by atoms with Crippen LogP contribution in [0.4, 0.5) is 16.2 Å². The maximum Gasteiger partial charge on any atom is 0.333 e. The number of hydrazine groups is 1. The maximum atomic E-state index is 11.5. The molecule has 27 heavy (non-hydrogen) atoms. The Labute approximate surface area is 165 Å². The molecule has 144 valence electrons. The lowest BCUT2D eigenvalue weighted by atomic mass is 9.99. The Morgan fingerprint density at radius 3 is 2.63 bits per heavy atom. The van der Waals surface area contributed by atoms with Crippen molar-refractivity contribution in [2.75, 3.05) is 17.7 Å². The zero-order chi connectivity index (χ0) is 19.6. The quantitative estimate of drug-likeness (QED) is 0.271. The van der Waals surface area contributed by atoms with Crippen LogP contribution in [0.1, 0.15) is 17.5 Å². The van der Waals surface area contributed by atoms with Gasteiger partial charge in [-0.25, -0.2) is 10.6 Å². The van der Waals surface area contributed by atoms with Crippen molar-refractivity contribution >= 4 is 29.0 Å². The first-order valence-corrected chi connectivity index (χ1v) is 9.13. The molecule has 2 aromatic rings. The summed E-state index contributed by atoms with van der Waals surface area (Å²) in [6.07, 6.45) is 5.68. The van der Waals surface area contributed by atoms with Crippen molar-refractivity contribution in [2.45, 2.75) is 25.8 Å². The van der Waals surface area contributed by atoms with E-state index < -0.39 is 6.03 Å². The summed E-state index contributed by atoms with van der Waals surface area (Å²) >= 11 is 5.89. The normalized spacial score (nSPS) is 12.0. The largest absolute Gasteiger partial charge is 0.362 e. The smallest absolute Gasteiger partial charge is 0.333 e. The summed E-state index contributed by atoms with van der Waals surface area (Å²) in [5.74, 6) is 5.17. The molecule has 0 bridgehead atoms. The molecule has 6 nitrogen and oxygen atoms in total. The number of benzene rings is 2. The van der Waals surface area contributed by atoms with Crippen molar-refractivity contribution in [2.24, 2.45) is 5.84 Å². The van der Waals surface area contributed by atoms with Gasteiger partial charge in [0, 0.05) is 22.4 Å². The van der Waals surface area contributed by atoms with Crippen LogP contribution in [0, 0.1) is 6.92 Å². The molecule has 7 heteroatoms. The molecule has 0 saturated carbocycles. The first-order chi connectivity index (χ1) is 13.0. The number of rotatable bonds is 8. The summed E-state index contributed by atoms with van der Waals surface area (Å²) in [6.45, 7) is 2.03. The van der Waals surface area contributed by atoms with Crippen LogP contribution in [-0.2, 0) is 6.42 Å². The molecule has 2 rings (SSSR count). The fourth-order valence-corrected chi connectivity index (χ4v) is 2.88. The summed E-state index contributed by atoms with van der Waals surface area (Å²) < 4.78 is 0. The summed E-state index contributed by atoms with van der Waals surface area (Å²) in [6, 6.07) is 13.1. The monoisotopic (exact) mass is 387 g/mol. The highest BCUT2D eigenvalue weighted by molar-refractivity contribution is 6.30. The number of carbonyl (C=O) groups excluding carboxylic acids is 1. The first kappa shape index (κ1) is 20.8. The average molecular weight is 388 g/mol. The number of hydrogen-bond acceptors (Lipinski definition) is 4. The highest BCUT2D eigenvalue weighted by Crippen LogP contribution is 2.22. The van der Waals surface area contributed by atoms with Crippen LogP contribution in [0.2, 0.25) is 5.02 Å². The van der Waals surface area contributed by atoms with Gasteiger partial charge in [0.2, 0.25) is 0 Å². The maximum absolute atomic E-state index is 11.5. The molecule has 0 aromatic heterocycles. The van der Waals surface area contributed by atoms with E-state index in [-0.39, 0.29) is 6.04 Å². The lowest BCUT2D eigenvalue weighted by molar-refractivity contribution is 0.252. The van der Waals surface area contributed by atoms with E-state index in [2.05, 4.69) is 27.5 Å². The van der Waals surface area contributed by atoms with Crippen LogP contribution < -0.4 is 27.2 Å². The van der Waals surface area contributed by atoms with Gasteiger partial charge in [0.25, 0.3) is 0 Å². The third-order valence-corrected chi connectivity index (χ3v) is 4.54. The topological polar surface area (TPSA) is 91.2 Å². The first-order valence-electron chi connectivity index (χ1n) is 8.75. The van der Waals surface area contributed by atoms with Gasteiger partial charge >= 0.3 is 6.03 Å². The average Bonchev–Trinajstić information content (AvgIpc) is 2.67. The second-order valence-electron chi connectivity index (χ2n) is 6.14. The van der Waals surface area contributed by atoms with E-state index in [1.165, 1.54) is 0 Å². The Morgan fingerprint density at radius 1 is 1.22 bits per heavy atom. The van der Waals surface area contributed by atoms with Crippen LogP contribution in [0.25, 0.3) is 0 Å². The van der Waals surface area contributed by atoms with Gasteiger partial charge in [-0.05, 0) is 74.5 Å². The third-order valence-electron chi connectivity index (χ3n) is 4.29. The van der Waals surface area contributed by atoms with E-state index in [4.69, 9.17) is 17.4 Å². The molecule has 2 amide bonds. The molecule has 1 unspecified atom stereocenters. The number of nitrogens with two attached hydrogens (primary N) is 1. The molecule has 0 aliphatic rings. The Morgan fingerprint density at radius 2 is 1.96 bits per heavy atom. The van der Waals surface area contributed by atoms with E-state index in [0.29, 0.717) is 5.02 Å². The van der Waals surface area contributed by atoms with E-state index >= 15 is 0 Å². The lowest BCUT2D eigenvalue weighted by Crippen LogP contribution is -2.34. The van der Waals surface area contributed by atoms with Crippen molar-refractivity contribution in [1.82, 2.24) is 10.7 Å². The fourth-order valence-electron chi connectivity index (χ4n) is 2.75. The minimum atomic E-state index is -0.431. The molecular formula is C20H26ClN5O. The highest BCUT2D eigenvalue weighted by Gasteiger charge is 2.10. The van der Waals surface area contributed by atoms with E-state index in [1.54, 1.807) is 0 Å². The van der Waals surface area contributed by atoms with E-state index in [9.17, 15) is 4.79 Å². The molecule has 0 radical (unpaired) electrons. The van der Waals surface area contributed by atoms with Gasteiger partial charge in [-0.2, -0.15) is 0 Å².